The summed E-state index contributed by atoms with van der Waals surface area (Å²) < 4.78 is 18.4. The number of halogens is 1. The molecule has 490 valence electrons. The second-order valence-corrected chi connectivity index (χ2v) is 27.8. The highest BCUT2D eigenvalue weighted by Crippen LogP contribution is 2.46. The summed E-state index contributed by atoms with van der Waals surface area (Å²) in [6, 6.07) is 103. The smallest absolute Gasteiger partial charge is 0.399 e. The van der Waals surface area contributed by atoms with Crippen LogP contribution in [0.1, 0.15) is 60.6 Å². The minimum atomic E-state index is -0.422. The normalized spacial score (nSPS) is 13.4. The van der Waals surface area contributed by atoms with Crippen molar-refractivity contribution in [3.05, 3.63) is 307 Å². The van der Waals surface area contributed by atoms with Crippen molar-refractivity contribution in [3.63, 3.8) is 0 Å². The van der Waals surface area contributed by atoms with Gasteiger partial charge in [-0.3, -0.25) is 9.13 Å². The molecule has 0 bridgehead atoms. The van der Waals surface area contributed by atoms with Gasteiger partial charge in [-0.15, -0.1) is 0 Å². The first-order valence-electron chi connectivity index (χ1n) is 34.5. The van der Waals surface area contributed by atoms with Crippen LogP contribution in [-0.2, 0) is 22.2 Å². The van der Waals surface area contributed by atoms with E-state index in [-0.39, 0.29) is 7.43 Å². The molecule has 0 unspecified atom stereocenters. The zero-order chi connectivity index (χ0) is 67.8. The fraction of sp³-hybridized carbons (Fsp3) is 0.121. The molecule has 10 heteroatoms. The molecule has 8 nitrogen and oxygen atoms in total. The van der Waals surface area contributed by atoms with Crippen molar-refractivity contribution in [2.24, 2.45) is 0 Å². The Morgan fingerprint density at radius 2 is 0.673 bits per heavy atom. The average Bonchev–Trinajstić information content (AvgIpc) is 1.51. The van der Waals surface area contributed by atoms with Crippen molar-refractivity contribution in [3.8, 4) is 45.0 Å². The molecule has 1 fully saturated rings. The molecule has 0 aliphatic carbocycles. The van der Waals surface area contributed by atoms with E-state index in [4.69, 9.17) is 24.3 Å². The van der Waals surface area contributed by atoms with Gasteiger partial charge in [0.05, 0.1) is 55.7 Å². The second-order valence-electron chi connectivity index (χ2n) is 26.9. The highest BCUT2D eigenvalue weighted by Gasteiger charge is 2.51. The van der Waals surface area contributed by atoms with E-state index in [0.717, 1.165) is 101 Å². The van der Waals surface area contributed by atoms with Gasteiger partial charge in [0.25, 0.3) is 0 Å². The number of benzene rings is 14. The number of fused-ring (bicyclic) bond motifs is 18. The maximum atomic E-state index is 6.38. The molecule has 0 spiro atoms. The third-order valence-electron chi connectivity index (χ3n) is 20.4. The number of pyridine rings is 2. The molecule has 101 heavy (non-hydrogen) atoms. The zero-order valence-electron chi connectivity index (χ0n) is 56.6. The molecule has 0 saturated carbocycles. The molecule has 1 aliphatic heterocycles. The van der Waals surface area contributed by atoms with Crippen molar-refractivity contribution in [1.82, 2.24) is 29.1 Å². The van der Waals surface area contributed by atoms with Gasteiger partial charge in [0, 0.05) is 72.1 Å². The molecule has 18 aromatic rings. The Hall–Kier alpha value is -11.1. The lowest BCUT2D eigenvalue weighted by molar-refractivity contribution is 0.00578. The van der Waals surface area contributed by atoms with Gasteiger partial charge in [-0.1, -0.05) is 250 Å². The minimum Gasteiger partial charge on any atom is -0.399 e. The van der Waals surface area contributed by atoms with Crippen LogP contribution < -0.4 is 5.46 Å². The Bertz CT molecular complexity index is 6220. The average molecular weight is 1370 g/mol. The number of nitrogens with zero attached hydrogens (tertiary/aromatic N) is 6. The highest BCUT2D eigenvalue weighted by atomic mass is 79.9. The topological polar surface area (TPSA) is 79.9 Å². The molecule has 14 aromatic carbocycles. The second kappa shape index (κ2) is 26.2. The lowest BCUT2D eigenvalue weighted by Gasteiger charge is -2.32. The van der Waals surface area contributed by atoms with Gasteiger partial charge >= 0.3 is 7.12 Å². The summed E-state index contributed by atoms with van der Waals surface area (Å²) >= 11 is 3.47. The van der Waals surface area contributed by atoms with Crippen molar-refractivity contribution in [2.45, 2.75) is 73.0 Å². The van der Waals surface area contributed by atoms with E-state index in [2.05, 4.69) is 351 Å². The summed E-state index contributed by atoms with van der Waals surface area (Å²) in [7, 11) is -0.422. The Kier molecular flexibility index (Phi) is 16.7. The standard InChI is InChI=1S/C42H29N3.C33H28BNO2.C15H13BrN2.CH4/c1-2-39-43-37-20-9-10-21-38(37)45(39)30-24-22-27(23-25-30)28-12-11-13-29(26-28)42-41-34-17-6-4-15-32(34)31-14-3-5-16-33(31)40(41)35-18-7-8-19-36(35)44-42;1-32(2)33(3,4)37-34(36-32)22-13-11-12-21(20-22)31-30-26-17-8-6-15-24(26)23-14-5-7-16-25(23)29(30)27-18-9-10-19-28(27)35-31;1-2-15-17-13-5-3-4-6-14(13)18(15)12-9-7-11(16)8-10-12;/h3-26H,2H2,1H3;5-20H,1-4H3;3-10H,2H2,1H3;1H4. The van der Waals surface area contributed by atoms with Crippen LogP contribution in [0.15, 0.2) is 296 Å². The van der Waals surface area contributed by atoms with Crippen LogP contribution in [0, 0.1) is 0 Å². The van der Waals surface area contributed by atoms with Crippen molar-refractivity contribution < 1.29 is 9.31 Å². The van der Waals surface area contributed by atoms with E-state index in [1.165, 1.54) is 86.5 Å². The molecule has 1 aliphatic rings. The fourth-order valence-electron chi connectivity index (χ4n) is 14.9. The van der Waals surface area contributed by atoms with E-state index >= 15 is 0 Å². The first-order chi connectivity index (χ1) is 48.9. The summed E-state index contributed by atoms with van der Waals surface area (Å²) in [5, 5.41) is 17.2. The van der Waals surface area contributed by atoms with Crippen molar-refractivity contribution in [2.75, 3.05) is 0 Å². The quantitative estimate of drug-likeness (QED) is 0.111. The molecule has 0 amide bonds. The number of rotatable bonds is 8. The molecule has 0 atom stereocenters. The van der Waals surface area contributed by atoms with Crippen LogP contribution in [-0.4, -0.2) is 47.4 Å². The van der Waals surface area contributed by atoms with Crippen molar-refractivity contribution in [1.29, 1.82) is 0 Å². The van der Waals surface area contributed by atoms with E-state index in [9.17, 15) is 0 Å². The maximum Gasteiger partial charge on any atom is 0.494 e. The van der Waals surface area contributed by atoms with Gasteiger partial charge in [0.1, 0.15) is 11.6 Å². The Morgan fingerprint density at radius 1 is 0.327 bits per heavy atom. The lowest BCUT2D eigenvalue weighted by Crippen LogP contribution is -2.41. The molecule has 1 saturated heterocycles. The molecule has 0 radical (unpaired) electrons. The largest absolute Gasteiger partial charge is 0.494 e. The SMILES string of the molecule is C.CC1(C)OB(c2cccc(-c3nc4ccccc4c4c5ccccc5c5ccccc5c34)c2)OC1(C)C.CCc1nc2ccccc2n1-c1ccc(-c2cccc(-c3nc4ccccc4c4c5ccccc5c5ccccc5c34)c2)cc1.CCc1nc2ccccc2n1-c1ccc(Br)cc1. The summed E-state index contributed by atoms with van der Waals surface area (Å²) in [4.78, 5) is 20.2. The first kappa shape index (κ1) is 64.5. The number of aryl methyl sites for hydroxylation is 2. The van der Waals surface area contributed by atoms with Gasteiger partial charge in [-0.25, -0.2) is 19.9 Å². The number of para-hydroxylation sites is 6. The summed E-state index contributed by atoms with van der Waals surface area (Å²) in [6.07, 6.45) is 1.79. The minimum absolute atomic E-state index is 0. The van der Waals surface area contributed by atoms with Crippen LogP contribution in [0.25, 0.3) is 154 Å². The van der Waals surface area contributed by atoms with Crippen LogP contribution >= 0.6 is 15.9 Å². The summed E-state index contributed by atoms with van der Waals surface area (Å²) in [6.45, 7) is 12.7. The van der Waals surface area contributed by atoms with E-state index in [1.54, 1.807) is 0 Å². The third kappa shape index (κ3) is 11.3. The highest BCUT2D eigenvalue weighted by molar-refractivity contribution is 9.10. The molecular weight excluding hydrogens is 1300 g/mol. The van der Waals surface area contributed by atoms with Crippen LogP contribution in [0.4, 0.5) is 0 Å². The van der Waals surface area contributed by atoms with E-state index in [1.807, 2.05) is 12.1 Å². The maximum absolute atomic E-state index is 6.38. The lowest BCUT2D eigenvalue weighted by atomic mass is 9.78. The van der Waals surface area contributed by atoms with E-state index < -0.39 is 18.3 Å². The summed E-state index contributed by atoms with van der Waals surface area (Å²) in [5.41, 5.74) is 15.4. The number of aromatic nitrogens is 6. The van der Waals surface area contributed by atoms with Gasteiger partial charge in [0.15, 0.2) is 0 Å². The number of imidazole rings is 2. The van der Waals surface area contributed by atoms with Crippen LogP contribution in [0.3, 0.4) is 0 Å². The van der Waals surface area contributed by atoms with Gasteiger partial charge < -0.3 is 9.31 Å². The van der Waals surface area contributed by atoms with Crippen LogP contribution in [0.5, 0.6) is 0 Å². The molecular formula is C91H74BBrN6O2. The van der Waals surface area contributed by atoms with Gasteiger partial charge in [-0.2, -0.15) is 0 Å². The number of hydrogen-bond acceptors (Lipinski definition) is 6. The van der Waals surface area contributed by atoms with E-state index in [0.29, 0.717) is 0 Å². The fourth-order valence-corrected chi connectivity index (χ4v) is 15.2. The molecule has 4 aromatic heterocycles. The number of hydrogen-bond donors (Lipinski definition) is 0. The molecule has 19 rings (SSSR count). The molecule has 5 heterocycles. The summed E-state index contributed by atoms with van der Waals surface area (Å²) in [5.74, 6) is 2.17. The third-order valence-corrected chi connectivity index (χ3v) is 20.9. The van der Waals surface area contributed by atoms with Crippen molar-refractivity contribution >= 4 is 137 Å². The first-order valence-corrected chi connectivity index (χ1v) is 35.3. The van der Waals surface area contributed by atoms with Crippen LogP contribution in [0.2, 0.25) is 0 Å². The monoisotopic (exact) mass is 1370 g/mol. The zero-order valence-corrected chi connectivity index (χ0v) is 58.2. The predicted octanol–water partition coefficient (Wildman–Crippen LogP) is 23.6. The predicted molar refractivity (Wildman–Crippen MR) is 429 cm³/mol. The van der Waals surface area contributed by atoms with Gasteiger partial charge in [-0.05, 0) is 166 Å². The Balaban J connectivity index is 0.000000127. The molecule has 0 N–H and O–H groups in total. The van der Waals surface area contributed by atoms with Gasteiger partial charge in [0.2, 0.25) is 0 Å². The Morgan fingerprint density at radius 3 is 1.11 bits per heavy atom. The Labute approximate surface area is 596 Å².